The minimum atomic E-state index is -0.350. The molecule has 2 unspecified atom stereocenters. The van der Waals surface area contributed by atoms with Gasteiger partial charge < -0.3 is 11.1 Å². The third-order valence-electron chi connectivity index (χ3n) is 4.29. The van der Waals surface area contributed by atoms with E-state index in [1.807, 2.05) is 0 Å². The molecule has 3 nitrogen and oxygen atoms in total. The van der Waals surface area contributed by atoms with E-state index in [-0.39, 0.29) is 17.3 Å². The standard InChI is InChI=1S/C16H23FN2O/c1-11-4-3-7-16(9-11,10-18)19-15(20)13-6-5-12(2)14(17)8-13/h5-6,8,11H,3-4,7,9-10,18H2,1-2H3,(H,19,20). The number of carbonyl (C=O) groups is 1. The number of nitrogens with two attached hydrogens (primary N) is 1. The van der Waals surface area contributed by atoms with Crippen LogP contribution in [0.25, 0.3) is 0 Å². The Morgan fingerprint density at radius 2 is 2.30 bits per heavy atom. The van der Waals surface area contributed by atoms with Crippen molar-refractivity contribution in [3.8, 4) is 0 Å². The fraction of sp³-hybridized carbons (Fsp3) is 0.562. The zero-order chi connectivity index (χ0) is 14.8. The van der Waals surface area contributed by atoms with Crippen molar-refractivity contribution >= 4 is 5.91 Å². The molecule has 1 aromatic rings. The van der Waals surface area contributed by atoms with Gasteiger partial charge in [-0.25, -0.2) is 4.39 Å². The largest absolute Gasteiger partial charge is 0.345 e. The molecule has 1 fully saturated rings. The molecule has 4 heteroatoms. The van der Waals surface area contributed by atoms with Gasteiger partial charge in [-0.05, 0) is 43.4 Å². The van der Waals surface area contributed by atoms with Gasteiger partial charge in [0.1, 0.15) is 5.82 Å². The van der Waals surface area contributed by atoms with Crippen molar-refractivity contribution < 1.29 is 9.18 Å². The van der Waals surface area contributed by atoms with E-state index in [1.54, 1.807) is 19.1 Å². The van der Waals surface area contributed by atoms with Gasteiger partial charge in [-0.15, -0.1) is 0 Å². The summed E-state index contributed by atoms with van der Waals surface area (Å²) >= 11 is 0. The Kier molecular flexibility index (Phi) is 4.43. The van der Waals surface area contributed by atoms with Crippen LogP contribution in [-0.2, 0) is 0 Å². The molecule has 1 aliphatic rings. The highest BCUT2D eigenvalue weighted by molar-refractivity contribution is 5.94. The lowest BCUT2D eigenvalue weighted by atomic mass is 9.76. The summed E-state index contributed by atoms with van der Waals surface area (Å²) in [5, 5.41) is 3.04. The third-order valence-corrected chi connectivity index (χ3v) is 4.29. The van der Waals surface area contributed by atoms with Gasteiger partial charge in [0.05, 0.1) is 5.54 Å². The lowest BCUT2D eigenvalue weighted by molar-refractivity contribution is 0.0853. The van der Waals surface area contributed by atoms with Crippen molar-refractivity contribution in [3.63, 3.8) is 0 Å². The van der Waals surface area contributed by atoms with Crippen molar-refractivity contribution in [3.05, 3.63) is 35.1 Å². The first kappa shape index (κ1) is 15.0. The van der Waals surface area contributed by atoms with Crippen LogP contribution in [0.1, 0.15) is 48.5 Å². The van der Waals surface area contributed by atoms with E-state index in [0.717, 1.165) is 19.3 Å². The quantitative estimate of drug-likeness (QED) is 0.893. The van der Waals surface area contributed by atoms with Crippen molar-refractivity contribution in [2.45, 2.75) is 45.1 Å². The Morgan fingerprint density at radius 3 is 2.90 bits per heavy atom. The van der Waals surface area contributed by atoms with E-state index < -0.39 is 0 Å². The second-order valence-electron chi connectivity index (χ2n) is 6.10. The highest BCUT2D eigenvalue weighted by Gasteiger charge is 2.35. The zero-order valence-electron chi connectivity index (χ0n) is 12.2. The van der Waals surface area contributed by atoms with E-state index in [9.17, 15) is 9.18 Å². The van der Waals surface area contributed by atoms with Gasteiger partial charge in [0.25, 0.3) is 5.91 Å². The maximum Gasteiger partial charge on any atom is 0.251 e. The van der Waals surface area contributed by atoms with Gasteiger partial charge in [0.2, 0.25) is 0 Å². The second kappa shape index (κ2) is 5.92. The number of carbonyl (C=O) groups excluding carboxylic acids is 1. The fourth-order valence-corrected chi connectivity index (χ4v) is 3.06. The molecule has 1 saturated carbocycles. The van der Waals surface area contributed by atoms with Gasteiger partial charge in [-0.2, -0.15) is 0 Å². The van der Waals surface area contributed by atoms with E-state index in [4.69, 9.17) is 5.73 Å². The summed E-state index contributed by atoms with van der Waals surface area (Å²) in [4.78, 5) is 12.3. The van der Waals surface area contributed by atoms with Crippen LogP contribution in [0.5, 0.6) is 0 Å². The summed E-state index contributed by atoms with van der Waals surface area (Å²) in [5.74, 6) is -0.0257. The first-order valence-electron chi connectivity index (χ1n) is 7.24. The number of benzene rings is 1. The Morgan fingerprint density at radius 1 is 1.55 bits per heavy atom. The Balaban J connectivity index is 2.14. The molecule has 110 valence electrons. The van der Waals surface area contributed by atoms with Crippen molar-refractivity contribution in [2.24, 2.45) is 11.7 Å². The summed E-state index contributed by atoms with van der Waals surface area (Å²) in [6.45, 7) is 4.29. The van der Waals surface area contributed by atoms with Crippen LogP contribution in [0, 0.1) is 18.7 Å². The zero-order valence-corrected chi connectivity index (χ0v) is 12.2. The molecule has 3 N–H and O–H groups in total. The fourth-order valence-electron chi connectivity index (χ4n) is 3.06. The third kappa shape index (κ3) is 3.18. The number of aryl methyl sites for hydroxylation is 1. The van der Waals surface area contributed by atoms with Gasteiger partial charge in [-0.1, -0.05) is 25.8 Å². The van der Waals surface area contributed by atoms with Crippen LogP contribution >= 0.6 is 0 Å². The molecular formula is C16H23FN2O. The van der Waals surface area contributed by atoms with Gasteiger partial charge >= 0.3 is 0 Å². The summed E-state index contributed by atoms with van der Waals surface area (Å²) in [5.41, 5.74) is 6.46. The number of rotatable bonds is 3. The van der Waals surface area contributed by atoms with Crippen molar-refractivity contribution in [1.82, 2.24) is 5.32 Å². The maximum absolute atomic E-state index is 13.6. The van der Waals surface area contributed by atoms with Crippen molar-refractivity contribution in [1.29, 1.82) is 0 Å². The highest BCUT2D eigenvalue weighted by atomic mass is 19.1. The predicted molar refractivity (Wildman–Crippen MR) is 78.0 cm³/mol. The minimum absolute atomic E-state index is 0.233. The second-order valence-corrected chi connectivity index (χ2v) is 6.10. The van der Waals surface area contributed by atoms with E-state index in [2.05, 4.69) is 12.2 Å². The Bertz CT molecular complexity index is 503. The van der Waals surface area contributed by atoms with Crippen LogP contribution in [0.15, 0.2) is 18.2 Å². The highest BCUT2D eigenvalue weighted by Crippen LogP contribution is 2.31. The van der Waals surface area contributed by atoms with Crippen LogP contribution < -0.4 is 11.1 Å². The minimum Gasteiger partial charge on any atom is -0.345 e. The Labute approximate surface area is 119 Å². The topological polar surface area (TPSA) is 55.1 Å². The lowest BCUT2D eigenvalue weighted by Crippen LogP contribution is -2.56. The predicted octanol–water partition coefficient (Wildman–Crippen LogP) is 2.77. The molecule has 1 aromatic carbocycles. The molecule has 0 heterocycles. The van der Waals surface area contributed by atoms with Crippen LogP contribution in [0.3, 0.4) is 0 Å². The van der Waals surface area contributed by atoms with E-state index in [1.165, 1.54) is 12.5 Å². The SMILES string of the molecule is Cc1ccc(C(=O)NC2(CN)CCCC(C)C2)cc1F. The number of hydrogen-bond donors (Lipinski definition) is 2. The van der Waals surface area contributed by atoms with E-state index in [0.29, 0.717) is 23.6 Å². The molecule has 2 atom stereocenters. The summed E-state index contributed by atoms with van der Waals surface area (Å²) in [7, 11) is 0. The molecule has 0 aromatic heterocycles. The van der Waals surface area contributed by atoms with Gasteiger partial charge in [-0.3, -0.25) is 4.79 Å². The molecule has 0 saturated heterocycles. The first-order valence-corrected chi connectivity index (χ1v) is 7.24. The van der Waals surface area contributed by atoms with E-state index >= 15 is 0 Å². The number of nitrogens with one attached hydrogen (secondary N) is 1. The molecule has 2 rings (SSSR count). The van der Waals surface area contributed by atoms with Crippen LogP contribution in [0.2, 0.25) is 0 Å². The average molecular weight is 278 g/mol. The molecule has 20 heavy (non-hydrogen) atoms. The monoisotopic (exact) mass is 278 g/mol. The summed E-state index contributed by atoms with van der Waals surface area (Å²) in [6, 6.07) is 4.58. The summed E-state index contributed by atoms with van der Waals surface area (Å²) in [6.07, 6.45) is 4.04. The number of halogens is 1. The normalized spacial score (nSPS) is 26.3. The number of hydrogen-bond acceptors (Lipinski definition) is 2. The molecule has 0 spiro atoms. The maximum atomic E-state index is 13.6. The average Bonchev–Trinajstić information content (AvgIpc) is 2.41. The molecule has 0 aliphatic heterocycles. The number of amides is 1. The smallest absolute Gasteiger partial charge is 0.251 e. The molecule has 1 amide bonds. The summed E-state index contributed by atoms with van der Waals surface area (Å²) < 4.78 is 13.6. The first-order chi connectivity index (χ1) is 9.46. The molecule has 0 radical (unpaired) electrons. The van der Waals surface area contributed by atoms with Crippen LogP contribution in [0.4, 0.5) is 4.39 Å². The molecular weight excluding hydrogens is 255 g/mol. The Hall–Kier alpha value is -1.42. The lowest BCUT2D eigenvalue weighted by Gasteiger charge is -2.40. The van der Waals surface area contributed by atoms with Crippen molar-refractivity contribution in [2.75, 3.05) is 6.54 Å². The van der Waals surface area contributed by atoms with Crippen LogP contribution in [-0.4, -0.2) is 18.0 Å². The molecule has 1 aliphatic carbocycles. The van der Waals surface area contributed by atoms with Gasteiger partial charge in [0, 0.05) is 12.1 Å². The molecule has 0 bridgehead atoms. The van der Waals surface area contributed by atoms with Gasteiger partial charge in [0.15, 0.2) is 0 Å².